The molecule has 0 atom stereocenters. The fourth-order valence-electron chi connectivity index (χ4n) is 0.860. The largest absolute Gasteiger partial charge is 0.396 e. The number of aliphatic hydroxyl groups excluding tert-OH is 3. The Bertz CT molecular complexity index is 107. The van der Waals surface area contributed by atoms with Crippen LogP contribution >= 0.6 is 0 Å². The van der Waals surface area contributed by atoms with Crippen molar-refractivity contribution in [1.82, 2.24) is 0 Å². The molecule has 7 N–H and O–H groups in total. The second kappa shape index (κ2) is 5.45. The maximum atomic E-state index is 8.89. The van der Waals surface area contributed by atoms with Crippen LogP contribution in [0, 0.1) is 5.41 Å². The van der Waals surface area contributed by atoms with Crippen LogP contribution < -0.4 is 11.5 Å². The lowest BCUT2D eigenvalue weighted by molar-refractivity contribution is -0.00286. The molecule has 0 amide bonds. The molecule has 0 fully saturated rings. The van der Waals surface area contributed by atoms with E-state index in [-0.39, 0.29) is 19.8 Å². The first-order valence-corrected chi connectivity index (χ1v) is 3.94. The van der Waals surface area contributed by atoms with Gasteiger partial charge in [0.1, 0.15) is 0 Å². The summed E-state index contributed by atoms with van der Waals surface area (Å²) in [5.41, 5.74) is 9.76. The van der Waals surface area contributed by atoms with E-state index in [1.54, 1.807) is 0 Å². The summed E-state index contributed by atoms with van der Waals surface area (Å²) in [6.07, 6.45) is 0.435. The Morgan fingerprint density at radius 2 is 1.42 bits per heavy atom. The Morgan fingerprint density at radius 3 is 1.67 bits per heavy atom. The molecular formula is C7H18N2O3. The van der Waals surface area contributed by atoms with Crippen LogP contribution in [0.1, 0.15) is 12.8 Å². The second-order valence-electron chi connectivity index (χ2n) is 3.18. The van der Waals surface area contributed by atoms with E-state index >= 15 is 0 Å². The maximum Gasteiger partial charge on any atom is 0.0531 e. The van der Waals surface area contributed by atoms with Crippen LogP contribution in [0.4, 0.5) is 0 Å². The van der Waals surface area contributed by atoms with E-state index in [0.29, 0.717) is 12.8 Å². The summed E-state index contributed by atoms with van der Waals surface area (Å²) in [7, 11) is 0. The predicted octanol–water partition coefficient (Wildman–Crippen LogP) is -2.03. The van der Waals surface area contributed by atoms with E-state index in [0.717, 1.165) is 0 Å². The van der Waals surface area contributed by atoms with E-state index in [9.17, 15) is 0 Å². The molecule has 12 heavy (non-hydrogen) atoms. The molecule has 74 valence electrons. The fourth-order valence-corrected chi connectivity index (χ4v) is 0.860. The van der Waals surface area contributed by atoms with Crippen molar-refractivity contribution in [2.24, 2.45) is 16.9 Å². The minimum atomic E-state index is -0.836. The number of hydrogen-bond donors (Lipinski definition) is 5. The summed E-state index contributed by atoms with van der Waals surface area (Å²) < 4.78 is 0. The van der Waals surface area contributed by atoms with Crippen LogP contribution in [-0.4, -0.2) is 41.3 Å². The third-order valence-corrected chi connectivity index (χ3v) is 2.01. The molecule has 0 aliphatic heterocycles. The number of nitrogens with two attached hydrogens (primary N) is 2. The van der Waals surface area contributed by atoms with E-state index < -0.39 is 11.6 Å². The third-order valence-electron chi connectivity index (χ3n) is 2.01. The minimum Gasteiger partial charge on any atom is -0.396 e. The third kappa shape index (κ3) is 3.46. The number of aliphatic hydroxyl groups is 3. The van der Waals surface area contributed by atoms with Gasteiger partial charge < -0.3 is 26.8 Å². The molecular weight excluding hydrogens is 160 g/mol. The van der Waals surface area contributed by atoms with Gasteiger partial charge in [-0.1, -0.05) is 0 Å². The summed E-state index contributed by atoms with van der Waals surface area (Å²) >= 11 is 0. The van der Waals surface area contributed by atoms with Crippen molar-refractivity contribution in [1.29, 1.82) is 0 Å². The van der Waals surface area contributed by atoms with Gasteiger partial charge >= 0.3 is 0 Å². The molecule has 0 aliphatic carbocycles. The number of hydrogen-bond acceptors (Lipinski definition) is 5. The smallest absolute Gasteiger partial charge is 0.0531 e. The molecule has 0 saturated carbocycles. The average molecular weight is 178 g/mol. The molecule has 0 heterocycles. The molecule has 0 spiro atoms. The Morgan fingerprint density at radius 1 is 1.00 bits per heavy atom. The molecule has 0 aliphatic rings. The van der Waals surface area contributed by atoms with Crippen molar-refractivity contribution in [2.45, 2.75) is 19.0 Å². The van der Waals surface area contributed by atoms with Crippen molar-refractivity contribution < 1.29 is 15.3 Å². The first kappa shape index (κ1) is 11.8. The quantitative estimate of drug-likeness (QED) is 0.301. The lowest BCUT2D eigenvalue weighted by atomic mass is 9.85. The molecule has 0 aromatic rings. The average Bonchev–Trinajstić information content (AvgIpc) is 2.08. The lowest BCUT2D eigenvalue weighted by Gasteiger charge is -2.27. The topological polar surface area (TPSA) is 113 Å². The Balaban J connectivity index is 3.93. The summed E-state index contributed by atoms with van der Waals surface area (Å²) in [4.78, 5) is 0. The normalized spacial score (nSPS) is 12.5. The fraction of sp³-hybridized carbons (Fsp3) is 1.00. The summed E-state index contributed by atoms with van der Waals surface area (Å²) in [6, 6.07) is 0. The first-order chi connectivity index (χ1) is 5.60. The summed E-state index contributed by atoms with van der Waals surface area (Å²) in [5.74, 6) is 0. The molecule has 0 bridgehead atoms. The monoisotopic (exact) mass is 178 g/mol. The van der Waals surface area contributed by atoms with Gasteiger partial charge in [0.15, 0.2) is 0 Å². The van der Waals surface area contributed by atoms with Crippen LogP contribution in [-0.2, 0) is 0 Å². The number of rotatable bonds is 6. The van der Waals surface area contributed by atoms with E-state index in [1.165, 1.54) is 0 Å². The SMILES string of the molecule is NC(N)CCC(CO)(CO)CO. The van der Waals surface area contributed by atoms with Crippen molar-refractivity contribution in [3.63, 3.8) is 0 Å². The molecule has 0 aromatic heterocycles. The van der Waals surface area contributed by atoms with Gasteiger partial charge in [0.2, 0.25) is 0 Å². The minimum absolute atomic E-state index is 0.257. The van der Waals surface area contributed by atoms with Crippen LogP contribution in [0.3, 0.4) is 0 Å². The van der Waals surface area contributed by atoms with Gasteiger partial charge in [0.05, 0.1) is 26.0 Å². The van der Waals surface area contributed by atoms with E-state index in [2.05, 4.69) is 0 Å². The highest BCUT2D eigenvalue weighted by molar-refractivity contribution is 4.77. The predicted molar refractivity (Wildman–Crippen MR) is 45.1 cm³/mol. The zero-order chi connectivity index (χ0) is 9.61. The Hall–Kier alpha value is -0.200. The molecule has 0 saturated heterocycles. The van der Waals surface area contributed by atoms with Gasteiger partial charge in [-0.25, -0.2) is 0 Å². The van der Waals surface area contributed by atoms with E-state index in [4.69, 9.17) is 26.8 Å². The molecule has 0 unspecified atom stereocenters. The summed E-state index contributed by atoms with van der Waals surface area (Å²) in [6.45, 7) is -0.772. The van der Waals surface area contributed by atoms with Crippen molar-refractivity contribution in [2.75, 3.05) is 19.8 Å². The zero-order valence-corrected chi connectivity index (χ0v) is 7.11. The van der Waals surface area contributed by atoms with Gasteiger partial charge in [0.25, 0.3) is 0 Å². The van der Waals surface area contributed by atoms with Gasteiger partial charge in [-0.2, -0.15) is 0 Å². The Labute approximate surface area is 72.0 Å². The summed E-state index contributed by atoms with van der Waals surface area (Å²) in [5, 5.41) is 26.7. The molecule has 0 radical (unpaired) electrons. The van der Waals surface area contributed by atoms with Gasteiger partial charge in [0, 0.05) is 5.41 Å². The molecule has 5 heteroatoms. The second-order valence-corrected chi connectivity index (χ2v) is 3.18. The highest BCUT2D eigenvalue weighted by Gasteiger charge is 2.27. The van der Waals surface area contributed by atoms with Gasteiger partial charge in [-0.3, -0.25) is 0 Å². The highest BCUT2D eigenvalue weighted by atomic mass is 16.3. The molecule has 0 aromatic carbocycles. The standard InChI is InChI=1S/C7H18N2O3/c8-6(9)1-2-7(3-10,4-11)5-12/h6,10-12H,1-5,8-9H2. The molecule has 5 nitrogen and oxygen atoms in total. The van der Waals surface area contributed by atoms with Crippen LogP contribution in [0.25, 0.3) is 0 Å². The maximum absolute atomic E-state index is 8.89. The van der Waals surface area contributed by atoms with Crippen LogP contribution in [0.2, 0.25) is 0 Å². The zero-order valence-electron chi connectivity index (χ0n) is 7.11. The van der Waals surface area contributed by atoms with Crippen molar-refractivity contribution in [3.8, 4) is 0 Å². The van der Waals surface area contributed by atoms with Crippen molar-refractivity contribution >= 4 is 0 Å². The molecule has 0 rings (SSSR count). The van der Waals surface area contributed by atoms with Gasteiger partial charge in [-0.15, -0.1) is 0 Å². The lowest BCUT2D eigenvalue weighted by Crippen LogP contribution is -2.38. The Kier molecular flexibility index (Phi) is 5.36. The van der Waals surface area contributed by atoms with E-state index in [1.807, 2.05) is 0 Å². The van der Waals surface area contributed by atoms with Crippen LogP contribution in [0.5, 0.6) is 0 Å². The van der Waals surface area contributed by atoms with Crippen LogP contribution in [0.15, 0.2) is 0 Å². The first-order valence-electron chi connectivity index (χ1n) is 3.94. The highest BCUT2D eigenvalue weighted by Crippen LogP contribution is 2.21. The van der Waals surface area contributed by atoms with Crippen molar-refractivity contribution in [3.05, 3.63) is 0 Å². The van der Waals surface area contributed by atoms with Gasteiger partial charge in [-0.05, 0) is 12.8 Å².